The van der Waals surface area contributed by atoms with Crippen molar-refractivity contribution in [2.75, 3.05) is 13.1 Å². The van der Waals surface area contributed by atoms with E-state index >= 15 is 0 Å². The zero-order chi connectivity index (χ0) is 10.4. The van der Waals surface area contributed by atoms with Crippen LogP contribution in [0.5, 0.6) is 0 Å². The summed E-state index contributed by atoms with van der Waals surface area (Å²) in [6, 6.07) is 0.279. The number of nitrogens with two attached hydrogens (primary N) is 1. The van der Waals surface area contributed by atoms with Crippen LogP contribution in [0.3, 0.4) is 0 Å². The first-order valence-corrected chi connectivity index (χ1v) is 5.40. The van der Waals surface area contributed by atoms with Crippen molar-refractivity contribution in [2.24, 2.45) is 5.73 Å². The van der Waals surface area contributed by atoms with E-state index < -0.39 is 0 Å². The van der Waals surface area contributed by atoms with Crippen LogP contribution in [-0.4, -0.2) is 29.9 Å². The van der Waals surface area contributed by atoms with Crippen LogP contribution in [0.25, 0.3) is 0 Å². The summed E-state index contributed by atoms with van der Waals surface area (Å²) >= 11 is 0. The molecule has 1 aliphatic rings. The van der Waals surface area contributed by atoms with Gasteiger partial charge < -0.3 is 10.6 Å². The van der Waals surface area contributed by atoms with E-state index in [-0.39, 0.29) is 11.9 Å². The molecule has 0 radical (unpaired) electrons. The molecule has 1 atom stereocenters. The molecular weight excluding hydrogens is 176 g/mol. The fourth-order valence-electron chi connectivity index (χ4n) is 1.94. The molecular formula is C11H20N2O. The molecule has 1 amide bonds. The van der Waals surface area contributed by atoms with E-state index in [0.717, 1.165) is 25.8 Å². The number of hydrogen-bond donors (Lipinski definition) is 1. The lowest BCUT2D eigenvalue weighted by molar-refractivity contribution is -0.134. The molecule has 0 aromatic heterocycles. The van der Waals surface area contributed by atoms with E-state index in [1.165, 1.54) is 6.42 Å². The number of hydrogen-bond acceptors (Lipinski definition) is 2. The highest BCUT2D eigenvalue weighted by Gasteiger charge is 2.24. The standard InChI is InChI=1S/C11H20N2O/c1-2-3-7-11(14)13-8-5-4-6-10(13)9-12/h2,10H,1,3-9,12H2. The van der Waals surface area contributed by atoms with Gasteiger partial charge in [-0.3, -0.25) is 4.79 Å². The van der Waals surface area contributed by atoms with Gasteiger partial charge in [0, 0.05) is 25.6 Å². The van der Waals surface area contributed by atoms with Crippen molar-refractivity contribution in [3.05, 3.63) is 12.7 Å². The number of amides is 1. The number of allylic oxidation sites excluding steroid dienone is 1. The fraction of sp³-hybridized carbons (Fsp3) is 0.727. The molecule has 0 aliphatic carbocycles. The predicted octanol–water partition coefficient (Wildman–Crippen LogP) is 1.29. The van der Waals surface area contributed by atoms with Crippen molar-refractivity contribution < 1.29 is 4.79 Å². The summed E-state index contributed by atoms with van der Waals surface area (Å²) in [5.74, 6) is 0.236. The number of nitrogens with zero attached hydrogens (tertiary/aromatic N) is 1. The first-order chi connectivity index (χ1) is 6.79. The highest BCUT2D eigenvalue weighted by Crippen LogP contribution is 2.17. The second kappa shape index (κ2) is 5.81. The van der Waals surface area contributed by atoms with Gasteiger partial charge >= 0.3 is 0 Å². The van der Waals surface area contributed by atoms with Crippen LogP contribution in [0.1, 0.15) is 32.1 Å². The predicted molar refractivity (Wildman–Crippen MR) is 57.8 cm³/mol. The number of carbonyl (C=O) groups excluding carboxylic acids is 1. The van der Waals surface area contributed by atoms with Gasteiger partial charge in [0.25, 0.3) is 0 Å². The molecule has 14 heavy (non-hydrogen) atoms. The average molecular weight is 196 g/mol. The summed E-state index contributed by atoms with van der Waals surface area (Å²) in [6.07, 6.45) is 6.53. The van der Waals surface area contributed by atoms with Gasteiger partial charge in [0.15, 0.2) is 0 Å². The largest absolute Gasteiger partial charge is 0.338 e. The Labute approximate surface area is 86.0 Å². The minimum Gasteiger partial charge on any atom is -0.338 e. The molecule has 0 spiro atoms. The molecule has 1 heterocycles. The minimum absolute atomic E-state index is 0.236. The number of likely N-dealkylation sites (tertiary alicyclic amines) is 1. The van der Waals surface area contributed by atoms with Crippen LogP contribution in [0.15, 0.2) is 12.7 Å². The zero-order valence-corrected chi connectivity index (χ0v) is 8.74. The third-order valence-corrected chi connectivity index (χ3v) is 2.78. The summed E-state index contributed by atoms with van der Waals surface area (Å²) in [7, 11) is 0. The van der Waals surface area contributed by atoms with Crippen LogP contribution < -0.4 is 5.73 Å². The second-order valence-corrected chi connectivity index (χ2v) is 3.80. The van der Waals surface area contributed by atoms with Gasteiger partial charge in [-0.15, -0.1) is 6.58 Å². The highest BCUT2D eigenvalue weighted by molar-refractivity contribution is 5.76. The lowest BCUT2D eigenvalue weighted by Crippen LogP contribution is -2.47. The van der Waals surface area contributed by atoms with E-state index in [1.54, 1.807) is 6.08 Å². The van der Waals surface area contributed by atoms with Gasteiger partial charge in [0.1, 0.15) is 0 Å². The lowest BCUT2D eigenvalue weighted by atomic mass is 10.0. The van der Waals surface area contributed by atoms with Crippen molar-refractivity contribution >= 4 is 5.91 Å². The van der Waals surface area contributed by atoms with Crippen LogP contribution in [0.4, 0.5) is 0 Å². The number of carbonyl (C=O) groups is 1. The van der Waals surface area contributed by atoms with Gasteiger partial charge in [0.05, 0.1) is 0 Å². The Morgan fingerprint density at radius 3 is 3.00 bits per heavy atom. The van der Waals surface area contributed by atoms with E-state index in [9.17, 15) is 4.79 Å². The molecule has 3 nitrogen and oxygen atoms in total. The van der Waals surface area contributed by atoms with Crippen LogP contribution in [0.2, 0.25) is 0 Å². The Kier molecular flexibility index (Phi) is 4.66. The van der Waals surface area contributed by atoms with Gasteiger partial charge in [-0.05, 0) is 25.7 Å². The summed E-state index contributed by atoms with van der Waals surface area (Å²) < 4.78 is 0. The second-order valence-electron chi connectivity index (χ2n) is 3.80. The molecule has 1 rings (SSSR count). The maximum atomic E-state index is 11.7. The summed E-state index contributed by atoms with van der Waals surface area (Å²) in [6.45, 7) is 5.11. The maximum Gasteiger partial charge on any atom is 0.223 e. The molecule has 0 aromatic rings. The molecule has 3 heteroatoms. The van der Waals surface area contributed by atoms with Crippen molar-refractivity contribution in [3.8, 4) is 0 Å². The SMILES string of the molecule is C=CCCC(=O)N1CCCCC1CN. The Morgan fingerprint density at radius 1 is 1.57 bits per heavy atom. The average Bonchev–Trinajstić information content (AvgIpc) is 2.25. The quantitative estimate of drug-likeness (QED) is 0.689. The topological polar surface area (TPSA) is 46.3 Å². The van der Waals surface area contributed by atoms with E-state index in [1.807, 2.05) is 4.90 Å². The van der Waals surface area contributed by atoms with Crippen LogP contribution in [-0.2, 0) is 4.79 Å². The molecule has 0 aromatic carbocycles. The Morgan fingerprint density at radius 2 is 2.36 bits per heavy atom. The number of rotatable bonds is 4. The summed E-state index contributed by atoms with van der Waals surface area (Å²) in [5.41, 5.74) is 5.65. The van der Waals surface area contributed by atoms with Gasteiger partial charge in [-0.2, -0.15) is 0 Å². The molecule has 1 aliphatic heterocycles. The summed E-state index contributed by atoms with van der Waals surface area (Å²) in [4.78, 5) is 13.7. The Hall–Kier alpha value is -0.830. The van der Waals surface area contributed by atoms with Crippen molar-refractivity contribution in [1.29, 1.82) is 0 Å². The van der Waals surface area contributed by atoms with Crippen LogP contribution in [0, 0.1) is 0 Å². The maximum absolute atomic E-state index is 11.7. The van der Waals surface area contributed by atoms with E-state index in [2.05, 4.69) is 6.58 Å². The molecule has 2 N–H and O–H groups in total. The molecule has 1 unspecified atom stereocenters. The minimum atomic E-state index is 0.236. The Balaban J connectivity index is 2.45. The summed E-state index contributed by atoms with van der Waals surface area (Å²) in [5, 5.41) is 0. The fourth-order valence-corrected chi connectivity index (χ4v) is 1.94. The van der Waals surface area contributed by atoms with Crippen molar-refractivity contribution in [1.82, 2.24) is 4.90 Å². The third kappa shape index (κ3) is 2.84. The first-order valence-electron chi connectivity index (χ1n) is 5.40. The highest BCUT2D eigenvalue weighted by atomic mass is 16.2. The molecule has 1 saturated heterocycles. The Bertz CT molecular complexity index is 203. The van der Waals surface area contributed by atoms with Gasteiger partial charge in [-0.1, -0.05) is 6.08 Å². The molecule has 80 valence electrons. The first kappa shape index (κ1) is 11.2. The van der Waals surface area contributed by atoms with Gasteiger partial charge in [0.2, 0.25) is 5.91 Å². The lowest BCUT2D eigenvalue weighted by Gasteiger charge is -2.35. The monoisotopic (exact) mass is 196 g/mol. The zero-order valence-electron chi connectivity index (χ0n) is 8.74. The molecule has 1 fully saturated rings. The third-order valence-electron chi connectivity index (χ3n) is 2.78. The van der Waals surface area contributed by atoms with Crippen molar-refractivity contribution in [3.63, 3.8) is 0 Å². The molecule has 0 bridgehead atoms. The van der Waals surface area contributed by atoms with Crippen molar-refractivity contribution in [2.45, 2.75) is 38.1 Å². The molecule has 0 saturated carbocycles. The van der Waals surface area contributed by atoms with E-state index in [4.69, 9.17) is 5.73 Å². The van der Waals surface area contributed by atoms with Gasteiger partial charge in [-0.25, -0.2) is 0 Å². The van der Waals surface area contributed by atoms with Crippen LogP contribution >= 0.6 is 0 Å². The van der Waals surface area contributed by atoms with E-state index in [0.29, 0.717) is 13.0 Å². The normalized spacial score (nSPS) is 22.1. The number of piperidine rings is 1. The smallest absolute Gasteiger partial charge is 0.223 e.